The molecule has 2 aromatic carbocycles. The van der Waals surface area contributed by atoms with Crippen molar-refractivity contribution in [1.29, 1.82) is 0 Å². The lowest BCUT2D eigenvalue weighted by molar-refractivity contribution is 0.922. The van der Waals surface area contributed by atoms with E-state index in [2.05, 4.69) is 63.2 Å². The van der Waals surface area contributed by atoms with E-state index in [1.54, 1.807) is 0 Å². The summed E-state index contributed by atoms with van der Waals surface area (Å²) in [5.41, 5.74) is 6.77. The zero-order chi connectivity index (χ0) is 12.3. The molecule has 0 aliphatic rings. The average Bonchev–Trinajstić information content (AvgIpc) is 2.28. The van der Waals surface area contributed by atoms with E-state index in [-0.39, 0.29) is 0 Å². The highest BCUT2D eigenvalue weighted by molar-refractivity contribution is 5.65. The summed E-state index contributed by atoms with van der Waals surface area (Å²) >= 11 is 0. The van der Waals surface area contributed by atoms with Crippen LogP contribution in [-0.2, 0) is 6.42 Å². The molecule has 0 radical (unpaired) electrons. The number of hydrogen-bond donors (Lipinski definition) is 0. The average molecular weight is 224 g/mol. The molecule has 0 aliphatic carbocycles. The molecule has 0 nitrogen and oxygen atoms in total. The fraction of sp³-hybridized carbons (Fsp3) is 0.294. The fourth-order valence-corrected chi connectivity index (χ4v) is 2.34. The maximum absolute atomic E-state index is 2.32. The molecule has 0 saturated heterocycles. The van der Waals surface area contributed by atoms with Crippen molar-refractivity contribution in [2.24, 2.45) is 0 Å². The quantitative estimate of drug-likeness (QED) is 0.694. The van der Waals surface area contributed by atoms with Crippen molar-refractivity contribution in [3.05, 3.63) is 59.2 Å². The summed E-state index contributed by atoms with van der Waals surface area (Å²) in [6, 6.07) is 15.6. The Labute approximate surface area is 104 Å². The molecule has 88 valence electrons. The predicted molar refractivity (Wildman–Crippen MR) is 75.3 cm³/mol. The van der Waals surface area contributed by atoms with Crippen LogP contribution in [0.15, 0.2) is 42.5 Å². The van der Waals surface area contributed by atoms with Gasteiger partial charge in [0.2, 0.25) is 0 Å². The minimum atomic E-state index is 1.17. The minimum Gasteiger partial charge on any atom is -0.0651 e. The first kappa shape index (κ1) is 11.9. The second-order valence-electron chi connectivity index (χ2n) is 4.83. The van der Waals surface area contributed by atoms with Crippen molar-refractivity contribution < 1.29 is 0 Å². The zero-order valence-corrected chi connectivity index (χ0v) is 11.0. The molecule has 2 aromatic rings. The van der Waals surface area contributed by atoms with Crippen LogP contribution in [0.25, 0.3) is 11.1 Å². The summed E-state index contributed by atoms with van der Waals surface area (Å²) in [5, 5.41) is 0. The van der Waals surface area contributed by atoms with Crippen LogP contribution in [-0.4, -0.2) is 0 Å². The lowest BCUT2D eigenvalue weighted by atomic mass is 9.98. The van der Waals surface area contributed by atoms with Gasteiger partial charge in [0.1, 0.15) is 0 Å². The van der Waals surface area contributed by atoms with Crippen LogP contribution in [0.3, 0.4) is 0 Å². The van der Waals surface area contributed by atoms with E-state index >= 15 is 0 Å². The fourth-order valence-electron chi connectivity index (χ4n) is 2.34. The van der Waals surface area contributed by atoms with Gasteiger partial charge in [0, 0.05) is 0 Å². The van der Waals surface area contributed by atoms with Crippen molar-refractivity contribution in [3.8, 4) is 11.1 Å². The lowest BCUT2D eigenvalue weighted by Crippen LogP contribution is -1.86. The SMILES string of the molecule is CCCc1cccc(-c2cc(C)cc(C)c2)c1. The van der Waals surface area contributed by atoms with Crippen molar-refractivity contribution in [1.82, 2.24) is 0 Å². The lowest BCUT2D eigenvalue weighted by Gasteiger charge is -2.07. The summed E-state index contributed by atoms with van der Waals surface area (Å²) < 4.78 is 0. The Kier molecular flexibility index (Phi) is 3.63. The number of rotatable bonds is 3. The topological polar surface area (TPSA) is 0 Å². The van der Waals surface area contributed by atoms with E-state index in [4.69, 9.17) is 0 Å². The standard InChI is InChI=1S/C17H20/c1-4-6-15-7-5-8-16(12-15)17-10-13(2)9-14(3)11-17/h5,7-12H,4,6H2,1-3H3. The van der Waals surface area contributed by atoms with Gasteiger partial charge in [-0.05, 0) is 37.0 Å². The molecule has 0 fully saturated rings. The monoisotopic (exact) mass is 224 g/mol. The summed E-state index contributed by atoms with van der Waals surface area (Å²) in [4.78, 5) is 0. The van der Waals surface area contributed by atoms with Gasteiger partial charge in [0.05, 0.1) is 0 Å². The molecule has 2 rings (SSSR count). The third kappa shape index (κ3) is 2.97. The van der Waals surface area contributed by atoms with Crippen LogP contribution in [0.5, 0.6) is 0 Å². The number of benzene rings is 2. The Morgan fingerprint density at radius 3 is 2.18 bits per heavy atom. The Hall–Kier alpha value is -1.56. The smallest absolute Gasteiger partial charge is 0.0179 e. The van der Waals surface area contributed by atoms with Gasteiger partial charge in [-0.25, -0.2) is 0 Å². The van der Waals surface area contributed by atoms with E-state index in [1.165, 1.54) is 40.7 Å². The maximum Gasteiger partial charge on any atom is -0.0179 e. The zero-order valence-electron chi connectivity index (χ0n) is 11.0. The van der Waals surface area contributed by atoms with Crippen molar-refractivity contribution >= 4 is 0 Å². The number of hydrogen-bond acceptors (Lipinski definition) is 0. The largest absolute Gasteiger partial charge is 0.0651 e. The van der Waals surface area contributed by atoms with Gasteiger partial charge >= 0.3 is 0 Å². The van der Waals surface area contributed by atoms with Gasteiger partial charge < -0.3 is 0 Å². The van der Waals surface area contributed by atoms with Crippen molar-refractivity contribution in [2.45, 2.75) is 33.6 Å². The first-order chi connectivity index (χ1) is 8.19. The summed E-state index contributed by atoms with van der Waals surface area (Å²) in [5.74, 6) is 0. The second kappa shape index (κ2) is 5.18. The van der Waals surface area contributed by atoms with E-state index < -0.39 is 0 Å². The third-order valence-electron chi connectivity index (χ3n) is 3.02. The molecule has 0 amide bonds. The Balaban J connectivity index is 2.41. The van der Waals surface area contributed by atoms with Crippen molar-refractivity contribution in [3.63, 3.8) is 0 Å². The van der Waals surface area contributed by atoms with Gasteiger partial charge in [0.25, 0.3) is 0 Å². The van der Waals surface area contributed by atoms with Crippen LogP contribution in [0.4, 0.5) is 0 Å². The van der Waals surface area contributed by atoms with Crippen LogP contribution in [0.1, 0.15) is 30.0 Å². The highest BCUT2D eigenvalue weighted by Gasteiger charge is 2.00. The maximum atomic E-state index is 2.32. The van der Waals surface area contributed by atoms with Gasteiger partial charge in [-0.1, -0.05) is 66.9 Å². The van der Waals surface area contributed by atoms with Crippen LogP contribution >= 0.6 is 0 Å². The molecule has 0 heterocycles. The Morgan fingerprint density at radius 1 is 0.824 bits per heavy atom. The molecule has 0 N–H and O–H groups in total. The normalized spacial score (nSPS) is 10.5. The summed E-state index contributed by atoms with van der Waals surface area (Å²) in [7, 11) is 0. The van der Waals surface area contributed by atoms with E-state index in [0.29, 0.717) is 0 Å². The van der Waals surface area contributed by atoms with Crippen LogP contribution in [0, 0.1) is 13.8 Å². The molecule has 0 saturated carbocycles. The van der Waals surface area contributed by atoms with E-state index in [1.807, 2.05) is 0 Å². The highest BCUT2D eigenvalue weighted by atomic mass is 14.1. The van der Waals surface area contributed by atoms with Gasteiger partial charge in [-0.15, -0.1) is 0 Å². The molecule has 0 aromatic heterocycles. The summed E-state index contributed by atoms with van der Waals surface area (Å²) in [6.07, 6.45) is 2.37. The first-order valence-electron chi connectivity index (χ1n) is 6.36. The van der Waals surface area contributed by atoms with Crippen LogP contribution < -0.4 is 0 Å². The summed E-state index contributed by atoms with van der Waals surface area (Å²) in [6.45, 7) is 6.54. The molecule has 0 heteroatoms. The van der Waals surface area contributed by atoms with Gasteiger partial charge in [-0.3, -0.25) is 0 Å². The van der Waals surface area contributed by atoms with Crippen molar-refractivity contribution in [2.75, 3.05) is 0 Å². The van der Waals surface area contributed by atoms with Crippen LogP contribution in [0.2, 0.25) is 0 Å². The number of aryl methyl sites for hydroxylation is 3. The molecule has 17 heavy (non-hydrogen) atoms. The minimum absolute atomic E-state index is 1.17. The molecular formula is C17H20. The van der Waals surface area contributed by atoms with Gasteiger partial charge in [0.15, 0.2) is 0 Å². The second-order valence-corrected chi connectivity index (χ2v) is 4.83. The molecular weight excluding hydrogens is 204 g/mol. The van der Waals surface area contributed by atoms with E-state index in [0.717, 1.165) is 0 Å². The molecule has 0 bridgehead atoms. The highest BCUT2D eigenvalue weighted by Crippen LogP contribution is 2.23. The first-order valence-corrected chi connectivity index (χ1v) is 6.36. The Morgan fingerprint density at radius 2 is 1.53 bits per heavy atom. The third-order valence-corrected chi connectivity index (χ3v) is 3.02. The molecule has 0 aliphatic heterocycles. The molecule has 0 atom stereocenters. The van der Waals surface area contributed by atoms with E-state index in [9.17, 15) is 0 Å². The molecule has 0 spiro atoms. The van der Waals surface area contributed by atoms with Gasteiger partial charge in [-0.2, -0.15) is 0 Å². The Bertz CT molecular complexity index is 489. The predicted octanol–water partition coefficient (Wildman–Crippen LogP) is 4.92. The molecule has 0 unspecified atom stereocenters.